The second-order valence-corrected chi connectivity index (χ2v) is 11.9. The first-order valence-corrected chi connectivity index (χ1v) is 15.6. The third-order valence-electron chi connectivity index (χ3n) is 9.15. The van der Waals surface area contributed by atoms with Gasteiger partial charge in [-0.3, -0.25) is 0 Å². The molecule has 36 heavy (non-hydrogen) atoms. The molecular formula is C35H52O. The van der Waals surface area contributed by atoms with Crippen LogP contribution in [0.15, 0.2) is 48.5 Å². The van der Waals surface area contributed by atoms with E-state index in [4.69, 9.17) is 4.74 Å². The van der Waals surface area contributed by atoms with Gasteiger partial charge in [-0.05, 0) is 85.0 Å². The van der Waals surface area contributed by atoms with Crippen molar-refractivity contribution in [3.63, 3.8) is 0 Å². The maximum absolute atomic E-state index is 6.33. The van der Waals surface area contributed by atoms with Crippen molar-refractivity contribution < 1.29 is 4.74 Å². The maximum atomic E-state index is 6.33. The molecule has 1 aliphatic carbocycles. The number of hydrogen-bond acceptors (Lipinski definition) is 1. The summed E-state index contributed by atoms with van der Waals surface area (Å²) < 4.78 is 6.33. The maximum Gasteiger partial charge on any atom is 0.0825 e. The van der Waals surface area contributed by atoms with E-state index in [-0.39, 0.29) is 6.10 Å². The van der Waals surface area contributed by atoms with Gasteiger partial charge in [0.2, 0.25) is 0 Å². The van der Waals surface area contributed by atoms with Crippen molar-refractivity contribution in [3.8, 4) is 11.1 Å². The van der Waals surface area contributed by atoms with Crippen LogP contribution >= 0.6 is 0 Å². The van der Waals surface area contributed by atoms with Crippen molar-refractivity contribution in [2.75, 3.05) is 6.61 Å². The molecule has 0 radical (unpaired) electrons. The molecule has 0 amide bonds. The Labute approximate surface area is 222 Å². The minimum absolute atomic E-state index is 0.287. The third kappa shape index (κ3) is 8.20. The Bertz CT molecular complexity index is 835. The lowest BCUT2D eigenvalue weighted by Gasteiger charge is -2.29. The van der Waals surface area contributed by atoms with Crippen LogP contribution in [-0.2, 0) is 4.74 Å². The van der Waals surface area contributed by atoms with Crippen LogP contribution in [0.4, 0.5) is 0 Å². The molecule has 2 atom stereocenters. The molecule has 2 aromatic rings. The van der Waals surface area contributed by atoms with Gasteiger partial charge in [0.25, 0.3) is 0 Å². The molecule has 2 aliphatic rings. The van der Waals surface area contributed by atoms with Crippen molar-refractivity contribution in [1.82, 2.24) is 0 Å². The average Bonchev–Trinajstić information content (AvgIpc) is 2.95. The van der Waals surface area contributed by atoms with E-state index in [2.05, 4.69) is 62.4 Å². The summed E-state index contributed by atoms with van der Waals surface area (Å²) in [5.41, 5.74) is 5.57. The summed E-state index contributed by atoms with van der Waals surface area (Å²) in [5.74, 6) is 2.53. The highest BCUT2D eigenvalue weighted by Gasteiger charge is 2.23. The van der Waals surface area contributed by atoms with Crippen molar-refractivity contribution in [2.45, 2.75) is 129 Å². The van der Waals surface area contributed by atoms with Crippen LogP contribution in [-0.4, -0.2) is 6.61 Å². The molecule has 2 aromatic carbocycles. The molecule has 0 aromatic heterocycles. The zero-order valence-corrected chi connectivity index (χ0v) is 23.4. The summed E-state index contributed by atoms with van der Waals surface area (Å²) in [6, 6.07) is 18.7. The Morgan fingerprint density at radius 1 is 0.556 bits per heavy atom. The minimum Gasteiger partial charge on any atom is -0.373 e. The fourth-order valence-electron chi connectivity index (χ4n) is 6.63. The number of ether oxygens (including phenoxy) is 1. The van der Waals surface area contributed by atoms with Gasteiger partial charge in [0.15, 0.2) is 0 Å². The standard InChI is InChI=1S/C35H52O/c1-3-5-7-8-9-10-12-29-15-26-35(36-27-29)34-24-22-33(23-25-34)32-20-18-31(19-21-32)30-16-13-28(14-17-30)11-6-4-2/h18-25,28-30,35H,3-17,26-27H2,1-2H3/t28-,29?,30-,35?. The third-order valence-corrected chi connectivity index (χ3v) is 9.15. The molecule has 0 N–H and O–H groups in total. The average molecular weight is 489 g/mol. The van der Waals surface area contributed by atoms with Gasteiger partial charge in [-0.15, -0.1) is 0 Å². The predicted molar refractivity (Wildman–Crippen MR) is 156 cm³/mol. The number of unbranched alkanes of at least 4 members (excludes halogenated alkanes) is 6. The fourth-order valence-corrected chi connectivity index (χ4v) is 6.63. The van der Waals surface area contributed by atoms with Crippen LogP contribution in [0.25, 0.3) is 11.1 Å². The van der Waals surface area contributed by atoms with E-state index in [1.54, 1.807) is 5.56 Å². The monoisotopic (exact) mass is 488 g/mol. The molecule has 1 heterocycles. The van der Waals surface area contributed by atoms with Gasteiger partial charge in [0.05, 0.1) is 12.7 Å². The molecular weight excluding hydrogens is 436 g/mol. The van der Waals surface area contributed by atoms with E-state index in [0.29, 0.717) is 0 Å². The van der Waals surface area contributed by atoms with E-state index in [1.807, 2.05) is 0 Å². The highest BCUT2D eigenvalue weighted by atomic mass is 16.5. The van der Waals surface area contributed by atoms with Crippen LogP contribution in [0.1, 0.15) is 140 Å². The largest absolute Gasteiger partial charge is 0.373 e. The highest BCUT2D eigenvalue weighted by Crippen LogP contribution is 2.38. The van der Waals surface area contributed by atoms with Crippen molar-refractivity contribution in [3.05, 3.63) is 59.7 Å². The molecule has 2 unspecified atom stereocenters. The molecule has 1 heteroatoms. The normalized spacial score (nSPS) is 24.6. The second kappa shape index (κ2) is 15.0. The van der Waals surface area contributed by atoms with E-state index >= 15 is 0 Å². The summed E-state index contributed by atoms with van der Waals surface area (Å²) in [6.07, 6.45) is 22.3. The van der Waals surface area contributed by atoms with Crippen molar-refractivity contribution >= 4 is 0 Å². The summed E-state index contributed by atoms with van der Waals surface area (Å²) >= 11 is 0. The Hall–Kier alpha value is -1.60. The zero-order chi connectivity index (χ0) is 25.0. The first-order chi connectivity index (χ1) is 17.8. The number of benzene rings is 2. The van der Waals surface area contributed by atoms with Gasteiger partial charge in [-0.25, -0.2) is 0 Å². The van der Waals surface area contributed by atoms with Crippen molar-refractivity contribution in [1.29, 1.82) is 0 Å². The number of rotatable bonds is 13. The number of hydrogen-bond donors (Lipinski definition) is 0. The Morgan fingerprint density at radius 2 is 1.11 bits per heavy atom. The highest BCUT2D eigenvalue weighted by molar-refractivity contribution is 5.64. The van der Waals surface area contributed by atoms with Crippen LogP contribution in [0.5, 0.6) is 0 Å². The first-order valence-electron chi connectivity index (χ1n) is 15.6. The first kappa shape index (κ1) is 27.4. The van der Waals surface area contributed by atoms with Gasteiger partial charge < -0.3 is 4.74 Å². The predicted octanol–water partition coefficient (Wildman–Crippen LogP) is 11.0. The second-order valence-electron chi connectivity index (χ2n) is 11.9. The summed E-state index contributed by atoms with van der Waals surface area (Å²) in [6.45, 7) is 5.56. The van der Waals surface area contributed by atoms with Gasteiger partial charge in [0, 0.05) is 0 Å². The topological polar surface area (TPSA) is 9.23 Å². The lowest BCUT2D eigenvalue weighted by molar-refractivity contribution is -0.0199. The molecule has 1 saturated carbocycles. The van der Waals surface area contributed by atoms with E-state index < -0.39 is 0 Å². The Kier molecular flexibility index (Phi) is 11.4. The molecule has 1 aliphatic heterocycles. The minimum atomic E-state index is 0.287. The SMILES string of the molecule is CCCCCCCCC1CCC(c2ccc(-c3ccc([C@H]4CC[C@H](CCCC)CC4)cc3)cc2)OC1. The molecule has 1 nitrogen and oxygen atoms in total. The van der Waals surface area contributed by atoms with E-state index in [9.17, 15) is 0 Å². The van der Waals surface area contributed by atoms with E-state index in [0.717, 1.165) is 24.4 Å². The van der Waals surface area contributed by atoms with Crippen molar-refractivity contribution in [2.24, 2.45) is 11.8 Å². The van der Waals surface area contributed by atoms with E-state index in [1.165, 1.54) is 119 Å². The zero-order valence-electron chi connectivity index (χ0n) is 23.4. The van der Waals surface area contributed by atoms with Crippen LogP contribution < -0.4 is 0 Å². The van der Waals surface area contributed by atoms with Crippen LogP contribution in [0, 0.1) is 11.8 Å². The lowest BCUT2D eigenvalue weighted by Crippen LogP contribution is -2.20. The smallest absolute Gasteiger partial charge is 0.0825 e. The summed E-state index contributed by atoms with van der Waals surface area (Å²) in [5, 5.41) is 0. The van der Waals surface area contributed by atoms with Gasteiger partial charge in [-0.2, -0.15) is 0 Å². The van der Waals surface area contributed by atoms with Gasteiger partial charge in [-0.1, -0.05) is 120 Å². The van der Waals surface area contributed by atoms with Crippen LogP contribution in [0.3, 0.4) is 0 Å². The molecule has 4 rings (SSSR count). The molecule has 0 bridgehead atoms. The molecule has 1 saturated heterocycles. The van der Waals surface area contributed by atoms with Gasteiger partial charge in [0.1, 0.15) is 0 Å². The molecule has 0 spiro atoms. The fraction of sp³-hybridized carbons (Fsp3) is 0.657. The van der Waals surface area contributed by atoms with Gasteiger partial charge >= 0.3 is 0 Å². The molecule has 2 fully saturated rings. The Balaban J connectivity index is 1.20. The molecule has 198 valence electrons. The summed E-state index contributed by atoms with van der Waals surface area (Å²) in [7, 11) is 0. The summed E-state index contributed by atoms with van der Waals surface area (Å²) in [4.78, 5) is 0. The Morgan fingerprint density at radius 3 is 1.72 bits per heavy atom. The quantitative estimate of drug-likeness (QED) is 0.255. The lowest BCUT2D eigenvalue weighted by atomic mass is 9.77. The van der Waals surface area contributed by atoms with Crippen LogP contribution in [0.2, 0.25) is 0 Å².